The number of amides is 2. The van der Waals surface area contributed by atoms with Gasteiger partial charge in [-0.15, -0.1) is 11.3 Å². The van der Waals surface area contributed by atoms with Crippen LogP contribution in [-0.2, 0) is 16.0 Å². The molecule has 4 heterocycles. The van der Waals surface area contributed by atoms with Crippen LogP contribution < -0.4 is 11.1 Å². The van der Waals surface area contributed by atoms with Crippen LogP contribution in [0.3, 0.4) is 0 Å². The van der Waals surface area contributed by atoms with E-state index in [0.29, 0.717) is 11.6 Å². The molecule has 4 N–H and O–H groups in total. The molecule has 0 spiro atoms. The Morgan fingerprint density at radius 2 is 2.10 bits per heavy atom. The number of carbonyl (C=O) groups is 3. The molecule has 1 atom stereocenters. The van der Waals surface area contributed by atoms with Gasteiger partial charge in [0.05, 0.1) is 16.4 Å². The zero-order valence-electron chi connectivity index (χ0n) is 16.0. The second-order valence-corrected chi connectivity index (χ2v) is 7.57. The lowest BCUT2D eigenvalue weighted by molar-refractivity contribution is -0.137. The van der Waals surface area contributed by atoms with Crippen LogP contribution in [0.5, 0.6) is 0 Å². The smallest absolute Gasteiger partial charge is 0.287 e. The fourth-order valence-corrected chi connectivity index (χ4v) is 4.15. The van der Waals surface area contributed by atoms with E-state index < -0.39 is 23.6 Å². The van der Waals surface area contributed by atoms with Gasteiger partial charge in [0, 0.05) is 18.8 Å². The lowest BCUT2D eigenvalue weighted by Crippen LogP contribution is -2.47. The summed E-state index contributed by atoms with van der Waals surface area (Å²) in [6, 6.07) is 6.11. The van der Waals surface area contributed by atoms with Gasteiger partial charge < -0.3 is 16.0 Å². The number of nitrogens with zero attached hydrogens (tertiary/aromatic N) is 3. The van der Waals surface area contributed by atoms with Crippen LogP contribution in [0.4, 0.5) is 0 Å². The SMILES string of the molecule is Cc1ncc(C(=O)NC(Cc2c[nH]c3ccsc23)C(=O)C(N)=O)n1-c1ccccn1. The number of H-pyrrole nitrogens is 1. The maximum atomic E-state index is 13.0. The number of ketones is 1. The predicted octanol–water partition coefficient (Wildman–Crippen LogP) is 1.51. The van der Waals surface area contributed by atoms with Gasteiger partial charge in [0.15, 0.2) is 0 Å². The zero-order chi connectivity index (χ0) is 21.3. The van der Waals surface area contributed by atoms with E-state index in [2.05, 4.69) is 20.3 Å². The van der Waals surface area contributed by atoms with E-state index in [4.69, 9.17) is 5.73 Å². The number of hydrogen-bond acceptors (Lipinski definition) is 6. The maximum absolute atomic E-state index is 13.0. The van der Waals surface area contributed by atoms with Gasteiger partial charge in [-0.2, -0.15) is 0 Å². The monoisotopic (exact) mass is 422 g/mol. The Morgan fingerprint density at radius 3 is 2.83 bits per heavy atom. The van der Waals surface area contributed by atoms with Crippen molar-refractivity contribution in [3.05, 3.63) is 65.3 Å². The number of carbonyl (C=O) groups excluding carboxylic acids is 3. The predicted molar refractivity (Wildman–Crippen MR) is 111 cm³/mol. The van der Waals surface area contributed by atoms with Crippen molar-refractivity contribution in [1.29, 1.82) is 0 Å². The van der Waals surface area contributed by atoms with Crippen LogP contribution in [0.15, 0.2) is 48.2 Å². The fourth-order valence-electron chi connectivity index (χ4n) is 3.27. The van der Waals surface area contributed by atoms with E-state index in [1.54, 1.807) is 42.1 Å². The van der Waals surface area contributed by atoms with E-state index in [0.717, 1.165) is 15.8 Å². The molecule has 0 saturated carbocycles. The summed E-state index contributed by atoms with van der Waals surface area (Å²) in [7, 11) is 0. The number of pyridine rings is 1. The minimum Gasteiger partial charge on any atom is -0.363 e. The normalized spacial score (nSPS) is 12.0. The van der Waals surface area contributed by atoms with E-state index >= 15 is 0 Å². The number of thiophene rings is 1. The highest BCUT2D eigenvalue weighted by atomic mass is 32.1. The van der Waals surface area contributed by atoms with Gasteiger partial charge in [-0.05, 0) is 36.1 Å². The molecule has 0 aliphatic carbocycles. The number of imidazole rings is 1. The van der Waals surface area contributed by atoms with E-state index in [-0.39, 0.29) is 12.1 Å². The Balaban J connectivity index is 1.64. The van der Waals surface area contributed by atoms with E-state index in [9.17, 15) is 14.4 Å². The summed E-state index contributed by atoms with van der Waals surface area (Å²) in [5.41, 5.74) is 7.16. The van der Waals surface area contributed by atoms with E-state index in [1.165, 1.54) is 17.5 Å². The van der Waals surface area contributed by atoms with Crippen LogP contribution in [0.2, 0.25) is 0 Å². The van der Waals surface area contributed by atoms with Crippen LogP contribution in [-0.4, -0.2) is 43.2 Å². The van der Waals surface area contributed by atoms with Crippen molar-refractivity contribution in [2.45, 2.75) is 19.4 Å². The zero-order valence-corrected chi connectivity index (χ0v) is 16.8. The van der Waals surface area contributed by atoms with Crippen molar-refractivity contribution in [3.8, 4) is 5.82 Å². The number of nitrogens with two attached hydrogens (primary N) is 1. The first-order valence-corrected chi connectivity index (χ1v) is 9.97. The third-order valence-corrected chi connectivity index (χ3v) is 5.69. The molecule has 0 bridgehead atoms. The lowest BCUT2D eigenvalue weighted by atomic mass is 10.0. The highest BCUT2D eigenvalue weighted by molar-refractivity contribution is 7.17. The Kier molecular flexibility index (Phi) is 5.15. The molecule has 30 heavy (non-hydrogen) atoms. The first kappa shape index (κ1) is 19.5. The number of aromatic amines is 1. The van der Waals surface area contributed by atoms with Crippen LogP contribution in [0, 0.1) is 6.92 Å². The van der Waals surface area contributed by atoms with Gasteiger partial charge in [0.2, 0.25) is 5.78 Å². The topological polar surface area (TPSA) is 136 Å². The third-order valence-electron chi connectivity index (χ3n) is 4.70. The van der Waals surface area contributed by atoms with Crippen LogP contribution >= 0.6 is 11.3 Å². The van der Waals surface area contributed by atoms with Crippen molar-refractivity contribution >= 4 is 39.2 Å². The number of rotatable bonds is 7. The van der Waals surface area contributed by atoms with Crippen molar-refractivity contribution in [2.24, 2.45) is 5.73 Å². The average Bonchev–Trinajstić information content (AvgIpc) is 3.44. The molecule has 2 amide bonds. The Morgan fingerprint density at radius 1 is 1.27 bits per heavy atom. The number of aryl methyl sites for hydroxylation is 1. The Bertz CT molecular complexity index is 1240. The molecule has 4 aromatic rings. The first-order valence-electron chi connectivity index (χ1n) is 9.09. The number of hydrogen-bond donors (Lipinski definition) is 3. The lowest BCUT2D eigenvalue weighted by Gasteiger charge is -2.16. The third kappa shape index (κ3) is 3.60. The molecule has 10 heteroatoms. The molecule has 152 valence electrons. The van der Waals surface area contributed by atoms with Crippen molar-refractivity contribution in [2.75, 3.05) is 0 Å². The number of aromatic nitrogens is 4. The molecule has 0 aliphatic rings. The first-order chi connectivity index (χ1) is 14.5. The highest BCUT2D eigenvalue weighted by Crippen LogP contribution is 2.25. The van der Waals surface area contributed by atoms with Crippen molar-refractivity contribution in [3.63, 3.8) is 0 Å². The molecule has 4 rings (SSSR count). The van der Waals surface area contributed by atoms with Gasteiger partial charge in [0.25, 0.3) is 11.8 Å². The standard InChI is InChI=1S/C20H18N6O3S/c1-11-23-10-15(26(11)16-4-2-3-6-22-16)20(29)25-14(17(27)19(21)28)8-12-9-24-13-5-7-30-18(12)13/h2-7,9-10,14,24H,8H2,1H3,(H2,21,28)(H,25,29). The average molecular weight is 422 g/mol. The fraction of sp³-hybridized carbons (Fsp3) is 0.150. The maximum Gasteiger partial charge on any atom is 0.287 e. The second-order valence-electron chi connectivity index (χ2n) is 6.65. The molecule has 1 unspecified atom stereocenters. The molecule has 0 fully saturated rings. The van der Waals surface area contributed by atoms with Crippen molar-refractivity contribution in [1.82, 2.24) is 24.8 Å². The van der Waals surface area contributed by atoms with Gasteiger partial charge in [-0.3, -0.25) is 19.0 Å². The summed E-state index contributed by atoms with van der Waals surface area (Å²) in [6.07, 6.45) is 4.90. The number of fused-ring (bicyclic) bond motifs is 1. The van der Waals surface area contributed by atoms with Crippen molar-refractivity contribution < 1.29 is 14.4 Å². The Hall–Kier alpha value is -3.79. The summed E-state index contributed by atoms with van der Waals surface area (Å²) in [5.74, 6) is -1.45. The number of nitrogens with one attached hydrogen (secondary N) is 2. The van der Waals surface area contributed by atoms with Crippen LogP contribution in [0.1, 0.15) is 21.9 Å². The summed E-state index contributed by atoms with van der Waals surface area (Å²) < 4.78 is 2.54. The molecule has 9 nitrogen and oxygen atoms in total. The summed E-state index contributed by atoms with van der Waals surface area (Å²) >= 11 is 1.51. The summed E-state index contributed by atoms with van der Waals surface area (Å²) in [6.45, 7) is 1.74. The summed E-state index contributed by atoms with van der Waals surface area (Å²) in [4.78, 5) is 48.6. The minimum absolute atomic E-state index is 0.130. The summed E-state index contributed by atoms with van der Waals surface area (Å²) in [5, 5.41) is 4.56. The molecule has 4 aromatic heterocycles. The Labute approximate surface area is 174 Å². The largest absolute Gasteiger partial charge is 0.363 e. The second kappa shape index (κ2) is 7.91. The quantitative estimate of drug-likeness (QED) is 0.388. The minimum atomic E-state index is -1.11. The van der Waals surface area contributed by atoms with Gasteiger partial charge in [-0.25, -0.2) is 9.97 Å². The molecule has 0 aliphatic heterocycles. The molecule has 0 saturated heterocycles. The number of primary amides is 1. The van der Waals surface area contributed by atoms with E-state index in [1.807, 2.05) is 11.4 Å². The van der Waals surface area contributed by atoms with Crippen LogP contribution in [0.25, 0.3) is 16.0 Å². The highest BCUT2D eigenvalue weighted by Gasteiger charge is 2.28. The number of Topliss-reactive ketones (excluding diaryl/α,β-unsaturated/α-hetero) is 1. The van der Waals surface area contributed by atoms with Gasteiger partial charge in [-0.1, -0.05) is 6.07 Å². The molecular weight excluding hydrogens is 404 g/mol. The molecule has 0 aromatic carbocycles. The molecular formula is C20H18N6O3S. The van der Waals surface area contributed by atoms with Gasteiger partial charge >= 0.3 is 0 Å². The molecule has 0 radical (unpaired) electrons. The van der Waals surface area contributed by atoms with Gasteiger partial charge in [0.1, 0.15) is 23.4 Å².